The van der Waals surface area contributed by atoms with E-state index in [9.17, 15) is 10.1 Å². The van der Waals surface area contributed by atoms with E-state index in [-0.39, 0.29) is 22.4 Å². The normalized spacial score (nSPS) is 27.5. The van der Waals surface area contributed by atoms with Crippen LogP contribution in [-0.2, 0) is 4.74 Å². The number of H-pyrrole nitrogens is 1. The van der Waals surface area contributed by atoms with Gasteiger partial charge in [0, 0.05) is 65.6 Å². The molecule has 1 aliphatic carbocycles. The van der Waals surface area contributed by atoms with Crippen molar-refractivity contribution >= 4 is 16.6 Å². The van der Waals surface area contributed by atoms with Crippen molar-refractivity contribution in [2.45, 2.75) is 44.2 Å². The second-order valence-electron chi connectivity index (χ2n) is 9.56. The van der Waals surface area contributed by atoms with Gasteiger partial charge in [-0.25, -0.2) is 0 Å². The van der Waals surface area contributed by atoms with E-state index in [1.807, 2.05) is 12.1 Å². The van der Waals surface area contributed by atoms with Gasteiger partial charge < -0.3 is 14.5 Å². The molecule has 0 radical (unpaired) electrons. The summed E-state index contributed by atoms with van der Waals surface area (Å²) in [6.45, 7) is 5.24. The Hall–Kier alpha value is -2.90. The maximum Gasteiger partial charge on any atom is 0.269 e. The van der Waals surface area contributed by atoms with Crippen LogP contribution in [0.15, 0.2) is 42.5 Å². The fourth-order valence-electron chi connectivity index (χ4n) is 6.55. The molecule has 2 aliphatic heterocycles. The molecular weight excluding hydrogens is 418 g/mol. The Bertz CT molecular complexity index is 1220. The first kappa shape index (κ1) is 20.7. The SMILES string of the molecule is Cc1[nH]c2ccccc2c1[C@@H]1c2cc([N+](=O)[O-])ccc2OC2(N3CCOCC3)CCCCC12. The lowest BCUT2D eigenvalue weighted by atomic mass is 9.66. The molecule has 1 N–H and O–H groups in total. The number of rotatable bonds is 3. The first-order valence-corrected chi connectivity index (χ1v) is 12.0. The number of hydrogen-bond donors (Lipinski definition) is 1. The summed E-state index contributed by atoms with van der Waals surface area (Å²) in [5, 5.41) is 12.9. The number of aryl methyl sites for hydroxylation is 1. The van der Waals surface area contributed by atoms with Gasteiger partial charge in [-0.1, -0.05) is 24.6 Å². The fraction of sp³-hybridized carbons (Fsp3) is 0.462. The summed E-state index contributed by atoms with van der Waals surface area (Å²) in [4.78, 5) is 17.4. The third-order valence-corrected chi connectivity index (χ3v) is 7.91. The molecule has 2 aromatic carbocycles. The second kappa shape index (κ2) is 7.85. The van der Waals surface area contributed by atoms with Crippen molar-refractivity contribution in [3.8, 4) is 5.75 Å². The number of nitrogens with zero attached hydrogens (tertiary/aromatic N) is 2. The average molecular weight is 448 g/mol. The Morgan fingerprint density at radius 2 is 1.97 bits per heavy atom. The summed E-state index contributed by atoms with van der Waals surface area (Å²) >= 11 is 0. The Balaban J connectivity index is 1.60. The van der Waals surface area contributed by atoms with Crippen molar-refractivity contribution < 1.29 is 14.4 Å². The molecule has 1 saturated heterocycles. The lowest BCUT2D eigenvalue weighted by Crippen LogP contribution is -2.64. The third kappa shape index (κ3) is 3.17. The molecule has 33 heavy (non-hydrogen) atoms. The van der Waals surface area contributed by atoms with Gasteiger partial charge in [0.2, 0.25) is 0 Å². The zero-order valence-corrected chi connectivity index (χ0v) is 18.9. The molecule has 2 unspecified atom stereocenters. The molecule has 6 rings (SSSR count). The van der Waals surface area contributed by atoms with Gasteiger partial charge in [0.05, 0.1) is 18.1 Å². The number of ether oxygens (including phenoxy) is 2. The molecule has 3 aliphatic rings. The third-order valence-electron chi connectivity index (χ3n) is 7.91. The molecule has 0 spiro atoms. The summed E-state index contributed by atoms with van der Waals surface area (Å²) in [5.74, 6) is 1.00. The van der Waals surface area contributed by atoms with Gasteiger partial charge in [-0.2, -0.15) is 0 Å². The summed E-state index contributed by atoms with van der Waals surface area (Å²) in [7, 11) is 0. The summed E-state index contributed by atoms with van der Waals surface area (Å²) in [6, 6.07) is 13.5. The largest absolute Gasteiger partial charge is 0.472 e. The van der Waals surface area contributed by atoms with E-state index in [0.29, 0.717) is 13.2 Å². The Labute approximate surface area is 192 Å². The van der Waals surface area contributed by atoms with Crippen LogP contribution in [0.1, 0.15) is 48.4 Å². The monoisotopic (exact) mass is 447 g/mol. The number of nitro benzene ring substituents is 1. The molecule has 0 amide bonds. The molecule has 3 aromatic rings. The van der Waals surface area contributed by atoms with E-state index in [1.54, 1.807) is 12.1 Å². The number of nitrogens with one attached hydrogen (secondary N) is 1. The van der Waals surface area contributed by atoms with E-state index >= 15 is 0 Å². The summed E-state index contributed by atoms with van der Waals surface area (Å²) < 4.78 is 12.6. The van der Waals surface area contributed by atoms with Crippen LogP contribution in [0.25, 0.3) is 10.9 Å². The molecule has 1 saturated carbocycles. The van der Waals surface area contributed by atoms with Crippen LogP contribution in [0.4, 0.5) is 5.69 Å². The van der Waals surface area contributed by atoms with Crippen molar-refractivity contribution in [2.75, 3.05) is 26.3 Å². The van der Waals surface area contributed by atoms with Crippen LogP contribution in [0, 0.1) is 23.0 Å². The van der Waals surface area contributed by atoms with Crippen molar-refractivity contribution in [1.29, 1.82) is 0 Å². The number of non-ortho nitro benzene ring substituents is 1. The molecule has 1 aromatic heterocycles. The number of aromatic amines is 1. The number of morpholine rings is 1. The van der Waals surface area contributed by atoms with Crippen LogP contribution >= 0.6 is 0 Å². The zero-order chi connectivity index (χ0) is 22.6. The van der Waals surface area contributed by atoms with Gasteiger partial charge in [0.25, 0.3) is 5.69 Å². The van der Waals surface area contributed by atoms with E-state index in [2.05, 4.69) is 35.0 Å². The summed E-state index contributed by atoms with van der Waals surface area (Å²) in [5.41, 5.74) is 4.13. The van der Waals surface area contributed by atoms with Crippen LogP contribution in [0.3, 0.4) is 0 Å². The van der Waals surface area contributed by atoms with Gasteiger partial charge in [-0.05, 0) is 37.5 Å². The predicted octanol–water partition coefficient (Wildman–Crippen LogP) is 5.13. The van der Waals surface area contributed by atoms with E-state index in [1.165, 1.54) is 10.9 Å². The smallest absolute Gasteiger partial charge is 0.269 e. The Morgan fingerprint density at radius 3 is 2.79 bits per heavy atom. The molecule has 7 nitrogen and oxygen atoms in total. The highest BCUT2D eigenvalue weighted by Crippen LogP contribution is 2.57. The minimum atomic E-state index is -0.416. The van der Waals surface area contributed by atoms with Crippen molar-refractivity contribution in [1.82, 2.24) is 9.88 Å². The fourth-order valence-corrected chi connectivity index (χ4v) is 6.55. The van der Waals surface area contributed by atoms with Gasteiger partial charge in [0.1, 0.15) is 5.75 Å². The maximum atomic E-state index is 11.7. The van der Waals surface area contributed by atoms with Gasteiger partial charge in [-0.3, -0.25) is 15.0 Å². The highest BCUT2D eigenvalue weighted by molar-refractivity contribution is 5.86. The standard InChI is InChI=1S/C26H29N3O4/c1-17-24(19-6-2-3-8-22(19)27-17)25-20-16-18(29(30)31)9-10-23(20)33-26(11-5-4-7-21(25)26)28-12-14-32-15-13-28/h2-3,6,8-10,16,21,25,27H,4-5,7,11-15H2,1H3/t21?,25-,26?/m1/s1. The first-order chi connectivity index (χ1) is 16.1. The lowest BCUT2D eigenvalue weighted by molar-refractivity contribution is -0.385. The van der Waals surface area contributed by atoms with Crippen LogP contribution < -0.4 is 4.74 Å². The number of hydrogen-bond acceptors (Lipinski definition) is 5. The Morgan fingerprint density at radius 1 is 1.15 bits per heavy atom. The van der Waals surface area contributed by atoms with Crippen LogP contribution in [0.2, 0.25) is 0 Å². The molecule has 172 valence electrons. The van der Waals surface area contributed by atoms with Gasteiger partial charge in [0.15, 0.2) is 5.72 Å². The Kier molecular flexibility index (Phi) is 4.92. The number of benzene rings is 2. The van der Waals surface area contributed by atoms with Gasteiger partial charge >= 0.3 is 0 Å². The number of para-hydroxylation sites is 1. The van der Waals surface area contributed by atoms with Gasteiger partial charge in [-0.15, -0.1) is 0 Å². The van der Waals surface area contributed by atoms with E-state index in [4.69, 9.17) is 9.47 Å². The molecule has 7 heteroatoms. The molecule has 0 bridgehead atoms. The average Bonchev–Trinajstić information content (AvgIpc) is 3.18. The minimum absolute atomic E-state index is 0.0212. The summed E-state index contributed by atoms with van der Waals surface area (Å²) in [6.07, 6.45) is 4.26. The number of aromatic nitrogens is 1. The highest BCUT2D eigenvalue weighted by atomic mass is 16.6. The molecule has 3 atom stereocenters. The van der Waals surface area contributed by atoms with Crippen molar-refractivity contribution in [3.63, 3.8) is 0 Å². The quantitative estimate of drug-likeness (QED) is 0.445. The molecule has 2 fully saturated rings. The number of fused-ring (bicyclic) bond motifs is 3. The van der Waals surface area contributed by atoms with Crippen molar-refractivity contribution in [2.24, 2.45) is 5.92 Å². The topological polar surface area (TPSA) is 80.6 Å². The van der Waals surface area contributed by atoms with E-state index in [0.717, 1.165) is 61.3 Å². The number of nitro groups is 1. The molecular formula is C26H29N3O4. The highest BCUT2D eigenvalue weighted by Gasteiger charge is 2.55. The lowest BCUT2D eigenvalue weighted by Gasteiger charge is -2.56. The van der Waals surface area contributed by atoms with E-state index < -0.39 is 5.72 Å². The maximum absolute atomic E-state index is 11.7. The second-order valence-corrected chi connectivity index (χ2v) is 9.56. The zero-order valence-electron chi connectivity index (χ0n) is 18.9. The minimum Gasteiger partial charge on any atom is -0.472 e. The first-order valence-electron chi connectivity index (χ1n) is 12.0. The van der Waals surface area contributed by atoms with Crippen LogP contribution in [-0.4, -0.2) is 46.8 Å². The molecule has 3 heterocycles. The predicted molar refractivity (Wildman–Crippen MR) is 126 cm³/mol. The van der Waals surface area contributed by atoms with Crippen LogP contribution in [0.5, 0.6) is 5.75 Å². The van der Waals surface area contributed by atoms with Crippen molar-refractivity contribution in [3.05, 3.63) is 69.4 Å².